The number of hydrogen-bond acceptors (Lipinski definition) is 3. The van der Waals surface area contributed by atoms with Gasteiger partial charge < -0.3 is 16.3 Å². The average Bonchev–Trinajstić information content (AvgIpc) is 2.63. The van der Waals surface area contributed by atoms with Crippen LogP contribution in [0.15, 0.2) is 5.16 Å². The molecule has 17 heavy (non-hydrogen) atoms. The third kappa shape index (κ3) is 3.50. The molecule has 1 aliphatic carbocycles. The molecule has 0 aromatic heterocycles. The molecule has 0 bridgehead atoms. The predicted molar refractivity (Wildman–Crippen MR) is 53.4 cm³/mol. The Morgan fingerprint density at radius 3 is 2.35 bits per heavy atom. The normalized spacial score (nSPS) is 20.3. The van der Waals surface area contributed by atoms with Crippen molar-refractivity contribution >= 4 is 11.7 Å². The summed E-state index contributed by atoms with van der Waals surface area (Å²) < 4.78 is 36.0. The van der Waals surface area contributed by atoms with E-state index < -0.39 is 24.0 Å². The minimum absolute atomic E-state index is 0.245. The minimum atomic E-state index is -4.56. The average molecular weight is 253 g/mol. The summed E-state index contributed by atoms with van der Waals surface area (Å²) in [5.41, 5.74) is 4.30. The summed E-state index contributed by atoms with van der Waals surface area (Å²) in [7, 11) is 0. The molecule has 0 spiro atoms. The van der Waals surface area contributed by atoms with E-state index in [4.69, 9.17) is 10.9 Å². The Morgan fingerprint density at radius 1 is 1.41 bits per heavy atom. The van der Waals surface area contributed by atoms with E-state index in [9.17, 15) is 18.0 Å². The zero-order valence-corrected chi connectivity index (χ0v) is 9.05. The highest BCUT2D eigenvalue weighted by Gasteiger charge is 2.42. The number of carbonyl (C=O) groups is 1. The molecular weight excluding hydrogens is 239 g/mol. The highest BCUT2D eigenvalue weighted by molar-refractivity contribution is 5.94. The zero-order valence-electron chi connectivity index (χ0n) is 9.05. The number of amidine groups is 1. The van der Waals surface area contributed by atoms with Crippen molar-refractivity contribution in [3.05, 3.63) is 0 Å². The fraction of sp³-hybridized carbons (Fsp3) is 0.778. The monoisotopic (exact) mass is 253 g/mol. The first-order valence-electron chi connectivity index (χ1n) is 5.15. The Morgan fingerprint density at radius 2 is 1.94 bits per heavy atom. The second-order valence-corrected chi connectivity index (χ2v) is 4.11. The second-order valence-electron chi connectivity index (χ2n) is 4.11. The van der Waals surface area contributed by atoms with E-state index in [0.717, 1.165) is 0 Å². The summed E-state index contributed by atoms with van der Waals surface area (Å²) in [4.78, 5) is 11.2. The molecule has 5 nitrogen and oxygen atoms in total. The quantitative estimate of drug-likeness (QED) is 0.305. The van der Waals surface area contributed by atoms with Crippen molar-refractivity contribution in [2.75, 3.05) is 0 Å². The number of nitrogens with two attached hydrogens (primary N) is 1. The standard InChI is InChI=1S/C9H14F3N3O2/c10-9(11,12)5-6(16)14-8(7(13)15-17)3-1-2-4-8/h17H,1-5H2,(H2,13,15)(H,14,16). The van der Waals surface area contributed by atoms with E-state index in [1.165, 1.54) is 0 Å². The molecule has 1 rings (SSSR count). The van der Waals surface area contributed by atoms with Gasteiger partial charge in [-0.1, -0.05) is 18.0 Å². The number of nitrogens with one attached hydrogen (secondary N) is 1. The molecule has 0 radical (unpaired) electrons. The fourth-order valence-corrected chi connectivity index (χ4v) is 2.01. The topological polar surface area (TPSA) is 87.7 Å². The molecule has 98 valence electrons. The SMILES string of the molecule is N/C(=N/O)C1(NC(=O)CC(F)(F)F)CCCC1. The van der Waals surface area contributed by atoms with Gasteiger partial charge in [-0.25, -0.2) is 0 Å². The van der Waals surface area contributed by atoms with E-state index in [0.29, 0.717) is 25.7 Å². The van der Waals surface area contributed by atoms with E-state index in [1.807, 2.05) is 0 Å². The maximum Gasteiger partial charge on any atom is 0.397 e. The molecule has 1 aliphatic rings. The summed E-state index contributed by atoms with van der Waals surface area (Å²) in [5.74, 6) is -1.41. The Kier molecular flexibility index (Phi) is 3.84. The summed E-state index contributed by atoms with van der Waals surface area (Å²) in [6.07, 6.45) is -3.94. The number of halogens is 3. The first kappa shape index (κ1) is 13.6. The van der Waals surface area contributed by atoms with Crippen LogP contribution in [0.25, 0.3) is 0 Å². The van der Waals surface area contributed by atoms with Gasteiger partial charge in [0.2, 0.25) is 5.91 Å². The lowest BCUT2D eigenvalue weighted by atomic mass is 9.96. The first-order chi connectivity index (χ1) is 7.79. The highest BCUT2D eigenvalue weighted by atomic mass is 19.4. The van der Waals surface area contributed by atoms with Crippen LogP contribution in [0, 0.1) is 0 Å². The Balaban J connectivity index is 2.72. The molecule has 1 saturated carbocycles. The van der Waals surface area contributed by atoms with Crippen LogP contribution in [0.4, 0.5) is 13.2 Å². The molecule has 0 heterocycles. The van der Waals surface area contributed by atoms with Crippen LogP contribution >= 0.6 is 0 Å². The van der Waals surface area contributed by atoms with Crippen LogP contribution < -0.4 is 11.1 Å². The Bertz CT molecular complexity index is 322. The molecule has 0 aromatic rings. The number of alkyl halides is 3. The maximum atomic E-state index is 12.0. The van der Waals surface area contributed by atoms with Crippen LogP contribution in [0.5, 0.6) is 0 Å². The van der Waals surface area contributed by atoms with Crippen LogP contribution in [-0.4, -0.2) is 28.7 Å². The zero-order chi connectivity index (χ0) is 13.1. The Labute approximate surface area is 95.8 Å². The van der Waals surface area contributed by atoms with Gasteiger partial charge in [-0.05, 0) is 12.8 Å². The van der Waals surface area contributed by atoms with E-state index in [2.05, 4.69) is 10.5 Å². The van der Waals surface area contributed by atoms with Gasteiger partial charge in [-0.3, -0.25) is 4.79 Å². The van der Waals surface area contributed by atoms with Crippen LogP contribution in [0.1, 0.15) is 32.1 Å². The first-order valence-corrected chi connectivity index (χ1v) is 5.15. The van der Waals surface area contributed by atoms with Gasteiger partial charge >= 0.3 is 6.18 Å². The molecule has 0 saturated heterocycles. The number of hydrogen-bond donors (Lipinski definition) is 3. The molecule has 0 aromatic carbocycles. The fourth-order valence-electron chi connectivity index (χ4n) is 2.01. The van der Waals surface area contributed by atoms with Gasteiger partial charge in [-0.15, -0.1) is 0 Å². The van der Waals surface area contributed by atoms with Crippen molar-refractivity contribution < 1.29 is 23.2 Å². The highest BCUT2D eigenvalue weighted by Crippen LogP contribution is 2.30. The number of rotatable bonds is 3. The lowest BCUT2D eigenvalue weighted by Gasteiger charge is -2.28. The third-order valence-electron chi connectivity index (χ3n) is 2.79. The van der Waals surface area contributed by atoms with Crippen LogP contribution in [0.3, 0.4) is 0 Å². The van der Waals surface area contributed by atoms with E-state index in [1.54, 1.807) is 0 Å². The molecular formula is C9H14F3N3O2. The maximum absolute atomic E-state index is 12.0. The molecule has 0 unspecified atom stereocenters. The van der Waals surface area contributed by atoms with Gasteiger partial charge in [0.05, 0.1) is 0 Å². The number of amides is 1. The Hall–Kier alpha value is -1.47. The molecule has 1 amide bonds. The van der Waals surface area contributed by atoms with Gasteiger partial charge in [0.15, 0.2) is 5.84 Å². The summed E-state index contributed by atoms with van der Waals surface area (Å²) >= 11 is 0. The number of carbonyl (C=O) groups excluding carboxylic acids is 1. The van der Waals surface area contributed by atoms with E-state index >= 15 is 0 Å². The lowest BCUT2D eigenvalue weighted by Crippen LogP contribution is -2.56. The third-order valence-corrected chi connectivity index (χ3v) is 2.79. The van der Waals surface area contributed by atoms with Crippen molar-refractivity contribution in [2.24, 2.45) is 10.9 Å². The van der Waals surface area contributed by atoms with Crippen molar-refractivity contribution in [3.8, 4) is 0 Å². The number of oxime groups is 1. The van der Waals surface area contributed by atoms with Gasteiger partial charge in [0.1, 0.15) is 12.0 Å². The summed E-state index contributed by atoms with van der Waals surface area (Å²) in [5, 5.41) is 13.6. The van der Waals surface area contributed by atoms with Crippen molar-refractivity contribution in [2.45, 2.75) is 43.8 Å². The molecule has 0 aliphatic heterocycles. The van der Waals surface area contributed by atoms with Crippen LogP contribution in [0.2, 0.25) is 0 Å². The van der Waals surface area contributed by atoms with Gasteiger partial charge in [-0.2, -0.15) is 13.2 Å². The van der Waals surface area contributed by atoms with Gasteiger partial charge in [0, 0.05) is 0 Å². The van der Waals surface area contributed by atoms with Crippen molar-refractivity contribution in [1.29, 1.82) is 0 Å². The molecule has 0 atom stereocenters. The van der Waals surface area contributed by atoms with Crippen LogP contribution in [-0.2, 0) is 4.79 Å². The largest absolute Gasteiger partial charge is 0.409 e. The second kappa shape index (κ2) is 4.80. The predicted octanol–water partition coefficient (Wildman–Crippen LogP) is 1.11. The van der Waals surface area contributed by atoms with Gasteiger partial charge in [0.25, 0.3) is 0 Å². The smallest absolute Gasteiger partial charge is 0.397 e. The van der Waals surface area contributed by atoms with Crippen molar-refractivity contribution in [3.63, 3.8) is 0 Å². The summed E-state index contributed by atoms with van der Waals surface area (Å²) in [6, 6.07) is 0. The molecule has 4 N–H and O–H groups in total. The van der Waals surface area contributed by atoms with Crippen molar-refractivity contribution in [1.82, 2.24) is 5.32 Å². The minimum Gasteiger partial charge on any atom is -0.409 e. The lowest BCUT2D eigenvalue weighted by molar-refractivity contribution is -0.154. The molecule has 1 fully saturated rings. The summed E-state index contributed by atoms with van der Waals surface area (Å²) in [6.45, 7) is 0. The van der Waals surface area contributed by atoms with E-state index in [-0.39, 0.29) is 5.84 Å². The number of nitrogens with zero attached hydrogens (tertiary/aromatic N) is 1. The molecule has 8 heteroatoms.